The van der Waals surface area contributed by atoms with Crippen molar-refractivity contribution < 1.29 is 4.74 Å². The lowest BCUT2D eigenvalue weighted by atomic mass is 10.2. The molecule has 136 valence electrons. The van der Waals surface area contributed by atoms with Crippen LogP contribution in [0.5, 0.6) is 5.75 Å². The van der Waals surface area contributed by atoms with E-state index in [0.29, 0.717) is 22.0 Å². The fraction of sp³-hybridized carbons (Fsp3) is 0.235. The summed E-state index contributed by atoms with van der Waals surface area (Å²) in [6.45, 7) is 0.663. The number of aryl methyl sites for hydroxylation is 1. The SMILES string of the molecule is COc1ccc(CN(C)c2nc3sc(N=[N+]=[N-])nc3c3c2ncn3C)cc1. The van der Waals surface area contributed by atoms with Gasteiger partial charge in [0.1, 0.15) is 27.1 Å². The molecule has 0 unspecified atom stereocenters. The van der Waals surface area contributed by atoms with Gasteiger partial charge in [-0.3, -0.25) is 0 Å². The van der Waals surface area contributed by atoms with E-state index in [1.807, 2.05) is 47.8 Å². The zero-order chi connectivity index (χ0) is 19.0. The molecule has 0 radical (unpaired) electrons. The Kier molecular flexibility index (Phi) is 4.27. The summed E-state index contributed by atoms with van der Waals surface area (Å²) in [5.41, 5.74) is 12.1. The maximum atomic E-state index is 8.69. The number of ether oxygens (including phenoxy) is 1. The number of methoxy groups -OCH3 is 1. The molecule has 0 spiro atoms. The average molecular weight is 380 g/mol. The predicted molar refractivity (Wildman–Crippen MR) is 106 cm³/mol. The average Bonchev–Trinajstić information content (AvgIpc) is 3.25. The number of hydrogen-bond donors (Lipinski definition) is 0. The molecule has 0 aliphatic rings. The fourth-order valence-electron chi connectivity index (χ4n) is 2.98. The molecule has 27 heavy (non-hydrogen) atoms. The lowest BCUT2D eigenvalue weighted by molar-refractivity contribution is 0.414. The molecular weight excluding hydrogens is 364 g/mol. The van der Waals surface area contributed by atoms with Gasteiger partial charge in [0, 0.05) is 25.6 Å². The number of rotatable bonds is 5. The van der Waals surface area contributed by atoms with E-state index in [0.717, 1.165) is 28.2 Å². The smallest absolute Gasteiger partial charge is 0.182 e. The number of pyridine rings is 1. The molecule has 0 aliphatic carbocycles. The molecule has 4 rings (SSSR count). The van der Waals surface area contributed by atoms with Crippen LogP contribution in [0.4, 0.5) is 10.9 Å². The van der Waals surface area contributed by atoms with Crippen LogP contribution in [-0.2, 0) is 13.6 Å². The fourth-order valence-corrected chi connectivity index (χ4v) is 3.74. The normalized spacial score (nSPS) is 10.9. The van der Waals surface area contributed by atoms with Crippen LogP contribution in [0.15, 0.2) is 35.7 Å². The van der Waals surface area contributed by atoms with E-state index in [1.165, 1.54) is 11.3 Å². The number of hydrogen-bond acceptors (Lipinski definition) is 7. The minimum atomic E-state index is 0.345. The van der Waals surface area contributed by atoms with Crippen LogP contribution in [-0.4, -0.2) is 33.7 Å². The Bertz CT molecular complexity index is 1170. The van der Waals surface area contributed by atoms with Gasteiger partial charge in [0.05, 0.1) is 13.4 Å². The van der Waals surface area contributed by atoms with Gasteiger partial charge in [0.2, 0.25) is 0 Å². The van der Waals surface area contributed by atoms with Gasteiger partial charge in [-0.15, -0.1) is 0 Å². The Labute approximate surface area is 158 Å². The number of imidazole rings is 1. The Morgan fingerprint density at radius 2 is 2.04 bits per heavy atom. The van der Waals surface area contributed by atoms with E-state index in [1.54, 1.807) is 13.4 Å². The Balaban J connectivity index is 1.80. The van der Waals surface area contributed by atoms with Crippen molar-refractivity contribution in [2.75, 3.05) is 19.1 Å². The Hall–Kier alpha value is -3.36. The van der Waals surface area contributed by atoms with Gasteiger partial charge in [0.15, 0.2) is 10.9 Å². The summed E-state index contributed by atoms with van der Waals surface area (Å²) < 4.78 is 7.12. The highest BCUT2D eigenvalue weighted by molar-refractivity contribution is 7.21. The summed E-state index contributed by atoms with van der Waals surface area (Å²) in [5.74, 6) is 1.58. The van der Waals surface area contributed by atoms with Gasteiger partial charge < -0.3 is 14.2 Å². The molecule has 3 aromatic heterocycles. The molecular formula is C17H16N8OS. The Morgan fingerprint density at radius 3 is 2.74 bits per heavy atom. The van der Waals surface area contributed by atoms with Gasteiger partial charge in [-0.1, -0.05) is 23.5 Å². The highest BCUT2D eigenvalue weighted by Crippen LogP contribution is 2.35. The first kappa shape index (κ1) is 17.1. The molecule has 0 amide bonds. The first-order chi connectivity index (χ1) is 13.1. The van der Waals surface area contributed by atoms with Crippen molar-refractivity contribution >= 4 is 43.7 Å². The van der Waals surface area contributed by atoms with Crippen LogP contribution in [0.3, 0.4) is 0 Å². The second kappa shape index (κ2) is 6.75. The molecule has 0 N–H and O–H groups in total. The molecule has 4 aromatic rings. The monoisotopic (exact) mass is 380 g/mol. The topological polar surface area (TPSA) is 105 Å². The maximum absolute atomic E-state index is 8.69. The lowest BCUT2D eigenvalue weighted by Gasteiger charge is -2.19. The summed E-state index contributed by atoms with van der Waals surface area (Å²) >= 11 is 1.26. The molecule has 0 saturated carbocycles. The van der Waals surface area contributed by atoms with Crippen LogP contribution < -0.4 is 9.64 Å². The van der Waals surface area contributed by atoms with E-state index in [-0.39, 0.29) is 0 Å². The third-order valence-corrected chi connectivity index (χ3v) is 5.08. The third kappa shape index (κ3) is 3.01. The number of azide groups is 1. The number of fused-ring (bicyclic) bond motifs is 3. The summed E-state index contributed by atoms with van der Waals surface area (Å²) in [5, 5.41) is 3.96. The van der Waals surface area contributed by atoms with E-state index in [9.17, 15) is 0 Å². The van der Waals surface area contributed by atoms with Crippen molar-refractivity contribution in [2.45, 2.75) is 6.54 Å². The molecule has 9 nitrogen and oxygen atoms in total. The molecule has 0 saturated heterocycles. The van der Waals surface area contributed by atoms with Crippen LogP contribution in [0, 0.1) is 0 Å². The highest BCUT2D eigenvalue weighted by atomic mass is 32.1. The van der Waals surface area contributed by atoms with Crippen molar-refractivity contribution in [3.63, 3.8) is 0 Å². The van der Waals surface area contributed by atoms with Crippen molar-refractivity contribution in [1.82, 2.24) is 19.5 Å². The predicted octanol–water partition coefficient (Wildman–Crippen LogP) is 4.16. The molecule has 10 heteroatoms. The van der Waals surface area contributed by atoms with Gasteiger partial charge in [-0.05, 0) is 28.3 Å². The summed E-state index contributed by atoms with van der Waals surface area (Å²) in [6.07, 6.45) is 1.74. The largest absolute Gasteiger partial charge is 0.497 e. The highest BCUT2D eigenvalue weighted by Gasteiger charge is 2.19. The van der Waals surface area contributed by atoms with Crippen LogP contribution >= 0.6 is 11.3 Å². The summed E-state index contributed by atoms with van der Waals surface area (Å²) in [7, 11) is 5.54. The van der Waals surface area contributed by atoms with Gasteiger partial charge >= 0.3 is 0 Å². The van der Waals surface area contributed by atoms with E-state index in [2.05, 4.69) is 20.0 Å². The lowest BCUT2D eigenvalue weighted by Crippen LogP contribution is -2.18. The maximum Gasteiger partial charge on any atom is 0.182 e. The van der Waals surface area contributed by atoms with Crippen molar-refractivity contribution in [2.24, 2.45) is 12.2 Å². The standard InChI is InChI=1S/C17H16N8OS/c1-24(8-10-4-6-11(26-3)7-5-10)15-12-14(25(2)9-19-12)13-16(21-15)27-17(20-13)22-23-18/h4-7,9H,8H2,1-3H3. The van der Waals surface area contributed by atoms with Crippen LogP contribution in [0.1, 0.15) is 5.56 Å². The van der Waals surface area contributed by atoms with Crippen LogP contribution in [0.25, 0.3) is 31.8 Å². The van der Waals surface area contributed by atoms with Crippen molar-refractivity contribution in [3.8, 4) is 5.75 Å². The number of benzene rings is 1. The summed E-state index contributed by atoms with van der Waals surface area (Å²) in [6, 6.07) is 7.92. The molecule has 3 heterocycles. The molecule has 0 bridgehead atoms. The number of aromatic nitrogens is 4. The number of anilines is 1. The number of thiazole rings is 1. The van der Waals surface area contributed by atoms with Gasteiger partial charge in [0.25, 0.3) is 0 Å². The van der Waals surface area contributed by atoms with Gasteiger partial charge in [-0.25, -0.2) is 15.0 Å². The first-order valence-electron chi connectivity index (χ1n) is 8.11. The second-order valence-corrected chi connectivity index (χ2v) is 6.99. The minimum Gasteiger partial charge on any atom is -0.497 e. The molecule has 0 atom stereocenters. The first-order valence-corrected chi connectivity index (χ1v) is 8.93. The summed E-state index contributed by atoms with van der Waals surface area (Å²) in [4.78, 5) is 19.2. The zero-order valence-corrected chi connectivity index (χ0v) is 15.8. The number of nitrogens with zero attached hydrogens (tertiary/aromatic N) is 8. The Morgan fingerprint density at radius 1 is 1.26 bits per heavy atom. The van der Waals surface area contributed by atoms with Crippen molar-refractivity contribution in [3.05, 3.63) is 46.6 Å². The molecule has 1 aromatic carbocycles. The van der Waals surface area contributed by atoms with Crippen LogP contribution in [0.2, 0.25) is 0 Å². The quantitative estimate of drug-likeness (QED) is 0.294. The van der Waals surface area contributed by atoms with E-state index < -0.39 is 0 Å². The van der Waals surface area contributed by atoms with Gasteiger partial charge in [-0.2, -0.15) is 0 Å². The molecule has 0 aliphatic heterocycles. The second-order valence-electron chi connectivity index (χ2n) is 6.03. The van der Waals surface area contributed by atoms with E-state index >= 15 is 0 Å². The van der Waals surface area contributed by atoms with Crippen molar-refractivity contribution in [1.29, 1.82) is 0 Å². The molecule has 0 fully saturated rings. The third-order valence-electron chi connectivity index (χ3n) is 4.25. The zero-order valence-electron chi connectivity index (χ0n) is 15.0. The van der Waals surface area contributed by atoms with E-state index in [4.69, 9.17) is 15.3 Å². The minimum absolute atomic E-state index is 0.345.